The second-order valence-electron chi connectivity index (χ2n) is 20.0. The topological polar surface area (TPSA) is 175 Å². The third-order valence-corrected chi connectivity index (χ3v) is 13.4. The number of hydrogen-bond donors (Lipinski definition) is 6. The minimum Gasteiger partial charge on any atom is -0.465 e. The van der Waals surface area contributed by atoms with Crippen LogP contribution >= 0.6 is 0 Å². The van der Waals surface area contributed by atoms with Crippen molar-refractivity contribution in [1.82, 2.24) is 5.32 Å². The van der Waals surface area contributed by atoms with Gasteiger partial charge in [-0.2, -0.15) is 0 Å². The quantitative estimate of drug-likeness (QED) is 0.0195. The molecule has 7 atom stereocenters. The molecule has 1 rings (SSSR count). The number of hydrogen-bond acceptors (Lipinski definition) is 10. The van der Waals surface area contributed by atoms with Crippen molar-refractivity contribution < 1.29 is 49.3 Å². The summed E-state index contributed by atoms with van der Waals surface area (Å²) in [5.41, 5.74) is 0. The number of esters is 1. The fourth-order valence-electron chi connectivity index (χ4n) is 8.72. The number of aliphatic hydroxyl groups is 5. The molecule has 0 saturated carbocycles. The molecule has 0 bridgehead atoms. The van der Waals surface area contributed by atoms with E-state index in [4.69, 9.17) is 14.2 Å². The maximum absolute atomic E-state index is 13.0. The van der Waals surface area contributed by atoms with Crippen LogP contribution in [-0.4, -0.2) is 100 Å². The molecule has 1 fully saturated rings. The van der Waals surface area contributed by atoms with Crippen LogP contribution in [0.15, 0.2) is 72.9 Å². The van der Waals surface area contributed by atoms with Crippen LogP contribution in [0.5, 0.6) is 0 Å². The van der Waals surface area contributed by atoms with Gasteiger partial charge in [0.2, 0.25) is 5.91 Å². The molecule has 0 aliphatic carbocycles. The lowest BCUT2D eigenvalue weighted by molar-refractivity contribution is -0.302. The summed E-state index contributed by atoms with van der Waals surface area (Å²) in [6, 6.07) is -0.839. The van der Waals surface area contributed by atoms with Gasteiger partial charge in [0.25, 0.3) is 0 Å². The minimum atomic E-state index is -1.58. The van der Waals surface area contributed by atoms with Gasteiger partial charge in [-0.1, -0.05) is 202 Å². The lowest BCUT2D eigenvalue weighted by Crippen LogP contribution is -2.60. The number of allylic oxidation sites excluding steroid dienone is 10. The molecule has 0 radical (unpaired) electrons. The first-order chi connectivity index (χ1) is 35.2. The van der Waals surface area contributed by atoms with Gasteiger partial charge in [0, 0.05) is 12.8 Å². The van der Waals surface area contributed by atoms with Gasteiger partial charge in [0.1, 0.15) is 24.4 Å². The highest BCUT2D eigenvalue weighted by atomic mass is 16.7. The Morgan fingerprint density at radius 1 is 0.542 bits per heavy atom. The van der Waals surface area contributed by atoms with Crippen LogP contribution in [0.25, 0.3) is 0 Å². The molecule has 7 unspecified atom stereocenters. The third kappa shape index (κ3) is 39.5. The van der Waals surface area contributed by atoms with E-state index in [0.29, 0.717) is 25.9 Å². The number of amides is 1. The molecule has 1 aliphatic heterocycles. The van der Waals surface area contributed by atoms with E-state index in [1.54, 1.807) is 6.08 Å². The van der Waals surface area contributed by atoms with Gasteiger partial charge in [0.05, 0.1) is 32.0 Å². The number of aliphatic hydroxyl groups excluding tert-OH is 5. The fourth-order valence-corrected chi connectivity index (χ4v) is 8.72. The Labute approximate surface area is 439 Å². The van der Waals surface area contributed by atoms with E-state index < -0.39 is 49.5 Å². The zero-order chi connectivity index (χ0) is 52.4. The molecule has 1 aliphatic rings. The summed E-state index contributed by atoms with van der Waals surface area (Å²) in [6.45, 7) is 3.95. The standard InChI is InChI=1S/C61H107NO10/c1-3-5-7-9-11-13-14-15-26-29-33-37-41-45-49-57(66)70-50-46-42-38-34-30-27-24-22-20-18-16-17-19-21-23-25-28-32-36-40-44-48-56(65)62-53(54(64)47-43-39-35-31-12-10-8-6-4-2)52-71-61-60(69)59(68)58(67)55(51-63)72-61/h4,6,12,14-15,27,30-31,38,42-43,47,53-55,58-61,63-64,67-69H,3,5,7-11,13,16-26,28-29,32-37,39-41,44-46,48-52H2,1-2H3,(H,62,65)/b6-4+,15-14-,30-27-,31-12+,42-38-,47-43+. The predicted molar refractivity (Wildman–Crippen MR) is 296 cm³/mol. The molecule has 1 amide bonds. The normalized spacial score (nSPS) is 19.6. The number of unbranched alkanes of at least 4 members (excludes halogenated alkanes) is 26. The Morgan fingerprint density at radius 3 is 1.54 bits per heavy atom. The van der Waals surface area contributed by atoms with E-state index in [2.05, 4.69) is 66.9 Å². The van der Waals surface area contributed by atoms with Gasteiger partial charge < -0.3 is 45.1 Å². The SMILES string of the molecule is C/C=C/CC/C=C/CC/C=C/C(O)C(COC1OC(CO)C(O)C(O)C1O)NC(=O)CCCCCCCCCCCCCCCC/C=C\C/C=C\CCOC(=O)CCCCCCC/C=C\CCCCCCC. The second-order valence-corrected chi connectivity index (χ2v) is 20.0. The number of nitrogens with one attached hydrogen (secondary N) is 1. The molecule has 0 aromatic rings. The Kier molecular flexibility index (Phi) is 46.9. The van der Waals surface area contributed by atoms with Crippen LogP contribution < -0.4 is 5.32 Å². The van der Waals surface area contributed by atoms with Gasteiger partial charge in [-0.15, -0.1) is 0 Å². The van der Waals surface area contributed by atoms with Crippen LogP contribution in [0.4, 0.5) is 0 Å². The van der Waals surface area contributed by atoms with Crippen molar-refractivity contribution in [2.45, 2.75) is 281 Å². The largest absolute Gasteiger partial charge is 0.465 e. The maximum atomic E-state index is 13.0. The molecule has 11 nitrogen and oxygen atoms in total. The van der Waals surface area contributed by atoms with E-state index in [1.807, 2.05) is 19.1 Å². The highest BCUT2D eigenvalue weighted by Crippen LogP contribution is 2.23. The van der Waals surface area contributed by atoms with Gasteiger partial charge in [-0.3, -0.25) is 9.59 Å². The van der Waals surface area contributed by atoms with Crippen LogP contribution in [0.2, 0.25) is 0 Å². The maximum Gasteiger partial charge on any atom is 0.305 e. The van der Waals surface area contributed by atoms with Gasteiger partial charge in [0.15, 0.2) is 6.29 Å². The summed E-state index contributed by atoms with van der Waals surface area (Å²) < 4.78 is 16.6. The van der Waals surface area contributed by atoms with E-state index >= 15 is 0 Å². The zero-order valence-corrected chi connectivity index (χ0v) is 45.6. The van der Waals surface area contributed by atoms with Crippen LogP contribution in [0.1, 0.15) is 239 Å². The van der Waals surface area contributed by atoms with E-state index in [1.165, 1.54) is 128 Å². The molecular formula is C61H107NO10. The van der Waals surface area contributed by atoms with E-state index in [9.17, 15) is 35.1 Å². The molecule has 0 spiro atoms. The lowest BCUT2D eigenvalue weighted by atomic mass is 9.99. The third-order valence-electron chi connectivity index (χ3n) is 13.4. The fraction of sp³-hybridized carbons (Fsp3) is 0.770. The molecule has 11 heteroatoms. The monoisotopic (exact) mass is 1010 g/mol. The summed E-state index contributed by atoms with van der Waals surface area (Å²) >= 11 is 0. The van der Waals surface area contributed by atoms with Crippen molar-refractivity contribution in [3.63, 3.8) is 0 Å². The minimum absolute atomic E-state index is 0.0591. The van der Waals surface area contributed by atoms with Crippen molar-refractivity contribution in [3.05, 3.63) is 72.9 Å². The number of ether oxygens (including phenoxy) is 3. The van der Waals surface area contributed by atoms with E-state index in [0.717, 1.165) is 77.0 Å². The van der Waals surface area contributed by atoms with Crippen molar-refractivity contribution in [2.75, 3.05) is 19.8 Å². The first-order valence-corrected chi connectivity index (χ1v) is 29.2. The number of rotatable bonds is 49. The first kappa shape index (κ1) is 67.1. The van der Waals surface area contributed by atoms with Crippen molar-refractivity contribution in [2.24, 2.45) is 0 Å². The molecule has 6 N–H and O–H groups in total. The summed E-state index contributed by atoms with van der Waals surface area (Å²) in [6.07, 6.45) is 56.1. The van der Waals surface area contributed by atoms with Gasteiger partial charge in [-0.25, -0.2) is 0 Å². The average molecular weight is 1010 g/mol. The highest BCUT2D eigenvalue weighted by Gasteiger charge is 2.44. The summed E-state index contributed by atoms with van der Waals surface area (Å²) in [4.78, 5) is 25.0. The van der Waals surface area contributed by atoms with Crippen molar-refractivity contribution in [3.8, 4) is 0 Å². The van der Waals surface area contributed by atoms with Gasteiger partial charge >= 0.3 is 5.97 Å². The molecular weight excluding hydrogens is 907 g/mol. The summed E-state index contributed by atoms with van der Waals surface area (Å²) in [5, 5.41) is 54.1. The van der Waals surface area contributed by atoms with Crippen LogP contribution in [-0.2, 0) is 23.8 Å². The number of carbonyl (C=O) groups is 2. The molecule has 1 heterocycles. The van der Waals surface area contributed by atoms with Crippen LogP contribution in [0.3, 0.4) is 0 Å². The molecule has 416 valence electrons. The smallest absolute Gasteiger partial charge is 0.305 e. The van der Waals surface area contributed by atoms with E-state index in [-0.39, 0.29) is 18.5 Å². The number of carbonyl (C=O) groups excluding carboxylic acids is 2. The Hall–Kier alpha value is -2.90. The Morgan fingerprint density at radius 2 is 1.00 bits per heavy atom. The average Bonchev–Trinajstić information content (AvgIpc) is 3.38. The molecule has 0 aromatic heterocycles. The lowest BCUT2D eigenvalue weighted by Gasteiger charge is -2.40. The Bertz CT molecular complexity index is 1430. The molecule has 72 heavy (non-hydrogen) atoms. The summed E-state index contributed by atoms with van der Waals surface area (Å²) in [5.74, 6) is -0.265. The first-order valence-electron chi connectivity index (χ1n) is 29.2. The van der Waals surface area contributed by atoms with Crippen LogP contribution in [0, 0.1) is 0 Å². The van der Waals surface area contributed by atoms with Gasteiger partial charge in [-0.05, 0) is 96.8 Å². The highest BCUT2D eigenvalue weighted by molar-refractivity contribution is 5.76. The Balaban J connectivity index is 2.05. The second kappa shape index (κ2) is 50.3. The van der Waals surface area contributed by atoms with Crippen molar-refractivity contribution in [1.29, 1.82) is 0 Å². The summed E-state index contributed by atoms with van der Waals surface area (Å²) in [7, 11) is 0. The molecule has 0 aromatic carbocycles. The predicted octanol–water partition coefficient (Wildman–Crippen LogP) is 13.2. The zero-order valence-electron chi connectivity index (χ0n) is 45.6. The molecule has 1 saturated heterocycles. The van der Waals surface area contributed by atoms with Crippen molar-refractivity contribution >= 4 is 11.9 Å².